The zero-order valence-corrected chi connectivity index (χ0v) is 67.2. The third-order valence-corrected chi connectivity index (χ3v) is 20.2. The van der Waals surface area contributed by atoms with Crippen LogP contribution in [-0.4, -0.2) is 190 Å². The molecule has 29 nitrogen and oxygen atoms in total. The molecule has 10 atom stereocenters. The van der Waals surface area contributed by atoms with Crippen LogP contribution in [0, 0.1) is 0 Å². The van der Waals surface area contributed by atoms with Gasteiger partial charge in [-0.25, -0.2) is 0 Å². The molecule has 0 spiro atoms. The van der Waals surface area contributed by atoms with Crippen molar-refractivity contribution in [2.24, 2.45) is 0 Å². The van der Waals surface area contributed by atoms with Gasteiger partial charge >= 0.3 is 35.6 Å². The molecular weight excluding hydrogens is 1510 g/mol. The minimum Gasteiger partial charge on any atom is -0.426 e. The van der Waals surface area contributed by atoms with Crippen molar-refractivity contribution in [1.29, 1.82) is 0 Å². The van der Waals surface area contributed by atoms with E-state index in [4.69, 9.17) is 23.3 Å². The molecule has 1 fully saturated rings. The molecule has 35 heteroatoms. The second-order valence-corrected chi connectivity index (χ2v) is 30.7. The van der Waals surface area contributed by atoms with Gasteiger partial charge in [-0.1, -0.05) is 122 Å². The van der Waals surface area contributed by atoms with E-state index in [1.54, 1.807) is 54.6 Å². The molecule has 1 aliphatic carbocycles. The van der Waals surface area contributed by atoms with Crippen molar-refractivity contribution in [2.75, 3.05) is 0 Å². The third-order valence-electron chi connectivity index (χ3n) is 19.3. The first kappa shape index (κ1) is 93.8. The number of benzene rings is 2. The fraction of sp³-hybridized carbons (Fsp3) is 0.457. The summed E-state index contributed by atoms with van der Waals surface area (Å²) in [5.74, 6) is -3.60. The van der Waals surface area contributed by atoms with E-state index in [1.807, 2.05) is 90.3 Å². The van der Waals surface area contributed by atoms with E-state index in [-0.39, 0.29) is 128 Å². The predicted molar refractivity (Wildman–Crippen MR) is 434 cm³/mol. The van der Waals surface area contributed by atoms with Crippen molar-refractivity contribution in [3.8, 4) is 0 Å². The summed E-state index contributed by atoms with van der Waals surface area (Å²) in [6.07, 6.45) is 24.0. The molecule has 12 N–H and O–H groups in total. The van der Waals surface area contributed by atoms with Gasteiger partial charge in [-0.3, -0.25) is 58.4 Å². The summed E-state index contributed by atoms with van der Waals surface area (Å²) in [6.45, 7) is 7.47. The lowest BCUT2D eigenvalue weighted by Gasteiger charge is -2.28. The molecule has 6 aliphatic rings. The summed E-state index contributed by atoms with van der Waals surface area (Å²) in [4.78, 5) is 118. The Morgan fingerprint density at radius 1 is 0.422 bits per heavy atom. The van der Waals surface area contributed by atoms with E-state index in [2.05, 4.69) is 26.6 Å². The smallest absolute Gasteiger partial charge is 0.426 e. The molecule has 0 radical (unpaired) electrons. The minimum atomic E-state index is -1.20. The van der Waals surface area contributed by atoms with Crippen molar-refractivity contribution in [1.82, 2.24) is 26.6 Å². The van der Waals surface area contributed by atoms with Crippen molar-refractivity contribution in [3.05, 3.63) is 202 Å². The number of carbonyl (C=O) groups excluding carboxylic acids is 10. The Morgan fingerprint density at radius 2 is 0.879 bits per heavy atom. The Morgan fingerprint density at radius 3 is 1.42 bits per heavy atom. The summed E-state index contributed by atoms with van der Waals surface area (Å²) >= 11 is 1.54. The highest BCUT2D eigenvalue weighted by Crippen LogP contribution is 2.37. The predicted octanol–water partition coefficient (Wildman–Crippen LogP) is 4.33. The Bertz CT molecular complexity index is 4150. The number of nitrogens with zero attached hydrogens (tertiary/aromatic N) is 2. The van der Waals surface area contributed by atoms with E-state index in [9.17, 15) is 83.5 Å². The zero-order valence-electron chi connectivity index (χ0n) is 66.4. The Balaban J connectivity index is 0.000000201. The first-order valence-electron chi connectivity index (χ1n) is 39.3. The molecule has 5 aliphatic heterocycles. The number of hydrogen-bond acceptors (Lipinski definition) is 23. The van der Waals surface area contributed by atoms with Gasteiger partial charge in [0.25, 0.3) is 0 Å². The second-order valence-electron chi connectivity index (χ2n) is 29.6. The maximum absolute atomic E-state index is 12.2. The molecule has 8 heterocycles. The fourth-order valence-corrected chi connectivity index (χ4v) is 14.5. The quantitative estimate of drug-likeness (QED) is 0.0167. The lowest BCUT2D eigenvalue weighted by Crippen LogP contribution is -2.50. The minimum absolute atomic E-state index is 0.0147. The van der Waals surface area contributed by atoms with Gasteiger partial charge in [-0.15, -0.1) is 11.3 Å². The first-order valence-corrected chi connectivity index (χ1v) is 40.2. The van der Waals surface area contributed by atoms with Gasteiger partial charge in [0, 0.05) is 76.3 Å². The molecule has 11 rings (SSSR count). The number of Topliss-reactive ketones (excluding diaryl/α,β-unsaturated/α-hetero) is 5. The van der Waals surface area contributed by atoms with Crippen molar-refractivity contribution in [3.63, 3.8) is 0 Å². The molecule has 618 valence electrons. The molecule has 0 saturated carbocycles. The van der Waals surface area contributed by atoms with Gasteiger partial charge in [0.1, 0.15) is 35.3 Å². The lowest BCUT2D eigenvalue weighted by molar-refractivity contribution is -0.909. The van der Waals surface area contributed by atoms with Crippen LogP contribution in [0.2, 0.25) is 0 Å². The topological polar surface area (TPSA) is 426 Å². The maximum Gasteiger partial charge on any atom is 0.478 e. The summed E-state index contributed by atoms with van der Waals surface area (Å²) in [6, 6.07) is 31.1. The molecular formula is C81H108B5N7O22S+2. The largest absolute Gasteiger partial charge is 0.478 e. The fourth-order valence-electron chi connectivity index (χ4n) is 13.8. The van der Waals surface area contributed by atoms with Gasteiger partial charge in [0.05, 0.1) is 79.8 Å². The van der Waals surface area contributed by atoms with Crippen molar-refractivity contribution < 1.29 is 116 Å². The van der Waals surface area contributed by atoms with Crippen molar-refractivity contribution >= 4 is 105 Å². The molecule has 116 heavy (non-hydrogen) atoms. The molecule has 5 aromatic rings. The van der Waals surface area contributed by atoms with Crippen LogP contribution in [0.3, 0.4) is 0 Å². The Kier molecular flexibility index (Phi) is 40.1. The van der Waals surface area contributed by atoms with E-state index in [1.165, 1.54) is 70.1 Å². The Labute approximate surface area is 682 Å². The summed E-state index contributed by atoms with van der Waals surface area (Å²) in [7, 11) is -5.66. The SMILES string of the molecule is CC(=O)C[C@@H]1C/C=C\C[C@H](NC(=O)Cc2ccccc2)B(O)O1.CC(=O)C[C@@H]1CCCC[C@H](NC(=O)Cc2ccccc2)B(O)O1.CC(=O)C[C@@H]1OB(O)[C@@H](NC(=O)Cc2cccs2)CC2=C1CCC2.CC(=O)C[C@H]1C=CC[C@H](NC(=O)Cc2ccc[n+](O)c2)B(O)O1.CC(=O)C[C@H]1C=CC[C@H](NC(=O)Cc2cccc[n+]2O)B(O)O1. The average molecular weight is 1620 g/mol. The molecule has 3 aromatic heterocycles. The molecule has 1 saturated heterocycles. The molecule has 5 amide bonds. The molecule has 2 aromatic carbocycles. The van der Waals surface area contributed by atoms with Gasteiger partial charge in [-0.2, -0.15) is 0 Å². The number of nitrogens with one attached hydrogen (secondary N) is 5. The number of carbonyl (C=O) groups is 10. The highest BCUT2D eigenvalue weighted by atomic mass is 32.1. The standard InChI is InChI=1S/C17H22BNO4S.C17H24BNO4.C17H22BNO4.2C15H19BN2O5/c1-11(20)8-15-14-6-2-4-12(14)9-16(18(22)23-15)19-17(21)10-13-5-3-7-24-13;2*1-13(20)11-15-9-5-6-10-16(18(22)23-15)19-17(21)12-14-7-3-2-4-8-14;1-11(19)8-13-5-2-6-14(16(21)23-13)17-15(20)9-12-4-3-7-18(22)10-12;1-11(19)9-13-6-4-7-14(16(21)23-13)17-15(20)10-12-5-2-3-8-18(12)22/h3,5,7,15-16,22H,2,4,6,8-10H2,1H3,(H,19,21);2-4,7-8,15-16,22H,5-6,9-12H2,1H3,(H,19,21);2-8,15-16,22H,9-12H2,1H3,(H,19,21);2-5,7,10,13-14,21H,6,8-9H2,1H3,(H-,17,20,22);2-6,8,13-14,21H,7,9-10H2,1H3,(H-,17,20,22)/p+2/b;;6-5-;;/t3*15-,16-;2*13-,14+/m00011/s1. The van der Waals surface area contributed by atoms with E-state index < -0.39 is 77.5 Å². The van der Waals surface area contributed by atoms with Crippen LogP contribution in [-0.2, 0) is 103 Å². The van der Waals surface area contributed by atoms with Crippen LogP contribution in [0.5, 0.6) is 0 Å². The monoisotopic (exact) mass is 1620 g/mol. The summed E-state index contributed by atoms with van der Waals surface area (Å²) in [5.41, 5.74) is 5.30. The van der Waals surface area contributed by atoms with Crippen LogP contribution in [0.1, 0.15) is 171 Å². The highest BCUT2D eigenvalue weighted by molar-refractivity contribution is 7.10. The second kappa shape index (κ2) is 49.6. The highest BCUT2D eigenvalue weighted by Gasteiger charge is 2.41. The van der Waals surface area contributed by atoms with Gasteiger partial charge in [0.2, 0.25) is 53.8 Å². The van der Waals surface area contributed by atoms with E-state index in [0.717, 1.165) is 69.6 Å². The molecule has 0 bridgehead atoms. The number of rotatable bonds is 25. The van der Waals surface area contributed by atoms with Crippen LogP contribution in [0.15, 0.2) is 175 Å². The number of pyridine rings is 2. The number of amides is 5. The Hall–Kier alpha value is -9.38. The lowest BCUT2D eigenvalue weighted by atomic mass is 9.74. The normalized spacial score (nSPS) is 22.1. The van der Waals surface area contributed by atoms with E-state index in [0.29, 0.717) is 62.6 Å². The van der Waals surface area contributed by atoms with Gasteiger partial charge < -0.3 is 75.0 Å². The van der Waals surface area contributed by atoms with Gasteiger partial charge in [-0.05, 0) is 139 Å². The van der Waals surface area contributed by atoms with Crippen LogP contribution in [0.25, 0.3) is 0 Å². The summed E-state index contributed by atoms with van der Waals surface area (Å²) < 4.78 is 29.4. The van der Waals surface area contributed by atoms with Crippen LogP contribution >= 0.6 is 11.3 Å². The zero-order chi connectivity index (χ0) is 84.1. The van der Waals surface area contributed by atoms with Crippen molar-refractivity contribution in [2.45, 2.75) is 236 Å². The maximum atomic E-state index is 12.2. The first-order chi connectivity index (χ1) is 55.5. The number of thiophene rings is 1. The van der Waals surface area contributed by atoms with Gasteiger partial charge in [0.15, 0.2) is 0 Å². The third kappa shape index (κ3) is 35.2. The number of aromatic nitrogens is 2. The summed E-state index contributed by atoms with van der Waals surface area (Å²) in [5, 5.41) is 85.7. The van der Waals surface area contributed by atoms with Crippen LogP contribution < -0.4 is 36.0 Å². The number of ketones is 5. The molecule has 0 unspecified atom stereocenters. The number of hydrogen-bond donors (Lipinski definition) is 12. The average Bonchev–Trinajstić information content (AvgIpc) is 1.67. The van der Waals surface area contributed by atoms with E-state index >= 15 is 0 Å². The van der Waals surface area contributed by atoms with Crippen LogP contribution in [0.4, 0.5) is 0 Å².